The van der Waals surface area contributed by atoms with Crippen LogP contribution in [0, 0.1) is 0 Å². The van der Waals surface area contributed by atoms with Crippen LogP contribution in [-0.4, -0.2) is 63.4 Å². The van der Waals surface area contributed by atoms with Crippen LogP contribution in [0.3, 0.4) is 0 Å². The van der Waals surface area contributed by atoms with Gasteiger partial charge in [0, 0.05) is 31.3 Å². The molecule has 2 rings (SSSR count). The molecular formula is C13H22N6O2S3. The van der Waals surface area contributed by atoms with E-state index in [1.165, 1.54) is 0 Å². The molecule has 0 atom stereocenters. The summed E-state index contributed by atoms with van der Waals surface area (Å²) in [6.45, 7) is 1.52. The van der Waals surface area contributed by atoms with Crippen molar-refractivity contribution in [2.24, 2.45) is 8.80 Å². The summed E-state index contributed by atoms with van der Waals surface area (Å²) in [7, 11) is 1.97. The van der Waals surface area contributed by atoms with Crippen LogP contribution in [-0.2, 0) is 22.5 Å². The molecule has 134 valence electrons. The Hall–Kier alpha value is -1.17. The molecule has 0 radical (unpaired) electrons. The summed E-state index contributed by atoms with van der Waals surface area (Å²) in [5.41, 5.74) is 1.12. The molecule has 1 aromatic rings. The Morgan fingerprint density at radius 2 is 2.04 bits per heavy atom. The highest BCUT2D eigenvalue weighted by Crippen LogP contribution is 2.17. The number of thioether (sulfide) groups is 1. The van der Waals surface area contributed by atoms with Gasteiger partial charge in [0.2, 0.25) is 0 Å². The molecule has 0 spiro atoms. The summed E-state index contributed by atoms with van der Waals surface area (Å²) in [6, 6.07) is 0. The lowest BCUT2D eigenvalue weighted by atomic mass is 10.4. The van der Waals surface area contributed by atoms with Gasteiger partial charge in [0.05, 0.1) is 5.69 Å². The van der Waals surface area contributed by atoms with Gasteiger partial charge < -0.3 is 15.5 Å². The maximum Gasteiger partial charge on any atom is 0.367 e. The molecule has 24 heavy (non-hydrogen) atoms. The molecule has 0 amide bonds. The van der Waals surface area contributed by atoms with Crippen molar-refractivity contribution in [3.63, 3.8) is 0 Å². The highest BCUT2D eigenvalue weighted by atomic mass is 32.2. The fourth-order valence-corrected chi connectivity index (χ4v) is 4.63. The van der Waals surface area contributed by atoms with Gasteiger partial charge in [-0.3, -0.25) is 0 Å². The molecule has 0 aliphatic carbocycles. The van der Waals surface area contributed by atoms with E-state index in [4.69, 9.17) is 0 Å². The van der Waals surface area contributed by atoms with Crippen molar-refractivity contribution in [2.45, 2.75) is 18.7 Å². The fourth-order valence-electron chi connectivity index (χ4n) is 1.93. The van der Waals surface area contributed by atoms with E-state index in [1.807, 2.05) is 25.9 Å². The first-order chi connectivity index (χ1) is 11.4. The molecule has 0 saturated carbocycles. The highest BCUT2D eigenvalue weighted by Gasteiger charge is 2.22. The minimum absolute atomic E-state index is 0.263. The fraction of sp³-hybridized carbons (Fsp3) is 0.615. The van der Waals surface area contributed by atoms with Gasteiger partial charge in [-0.25, -0.2) is 4.98 Å². The molecule has 1 aliphatic heterocycles. The van der Waals surface area contributed by atoms with Gasteiger partial charge in [-0.05, 0) is 26.3 Å². The first-order valence-corrected chi connectivity index (χ1v) is 10.9. The predicted molar refractivity (Wildman–Crippen MR) is 101 cm³/mol. The third-order valence-corrected chi connectivity index (χ3v) is 5.72. The smallest absolute Gasteiger partial charge is 0.367 e. The number of thiazole rings is 1. The van der Waals surface area contributed by atoms with E-state index in [-0.39, 0.29) is 11.7 Å². The molecular weight excluding hydrogens is 368 g/mol. The minimum Gasteiger partial charge on any atom is -0.369 e. The largest absolute Gasteiger partial charge is 0.369 e. The van der Waals surface area contributed by atoms with Gasteiger partial charge in [0.15, 0.2) is 11.7 Å². The van der Waals surface area contributed by atoms with Crippen LogP contribution in [0.15, 0.2) is 14.2 Å². The number of hydrogen-bond donors (Lipinski definition) is 2. The Bertz CT molecular complexity index is 711. The average molecular weight is 391 g/mol. The Morgan fingerprint density at radius 3 is 2.75 bits per heavy atom. The number of amidine groups is 2. The first-order valence-electron chi connectivity index (χ1n) is 7.42. The summed E-state index contributed by atoms with van der Waals surface area (Å²) in [5.74, 6) is 2.40. The van der Waals surface area contributed by atoms with Crippen molar-refractivity contribution in [1.29, 1.82) is 0 Å². The van der Waals surface area contributed by atoms with Crippen LogP contribution in [0.25, 0.3) is 0 Å². The van der Waals surface area contributed by atoms with Crippen molar-refractivity contribution in [1.82, 2.24) is 20.5 Å². The second-order valence-electron chi connectivity index (χ2n) is 5.38. The molecule has 8 nitrogen and oxygen atoms in total. The monoisotopic (exact) mass is 390 g/mol. The molecule has 1 aliphatic rings. The first kappa shape index (κ1) is 19.2. The van der Waals surface area contributed by atoms with Crippen LogP contribution < -0.4 is 10.6 Å². The van der Waals surface area contributed by atoms with E-state index in [1.54, 1.807) is 18.4 Å². The molecule has 0 fully saturated rings. The van der Waals surface area contributed by atoms with Crippen molar-refractivity contribution < 1.29 is 8.42 Å². The molecule has 11 heteroatoms. The number of nitrogens with zero attached hydrogens (tertiary/aromatic N) is 4. The van der Waals surface area contributed by atoms with Crippen LogP contribution in [0.2, 0.25) is 0 Å². The van der Waals surface area contributed by atoms with E-state index in [9.17, 15) is 8.42 Å². The second kappa shape index (κ2) is 8.79. The van der Waals surface area contributed by atoms with Gasteiger partial charge in [-0.1, -0.05) is 0 Å². The topological polar surface area (TPSA) is 99.0 Å². The lowest BCUT2D eigenvalue weighted by Crippen LogP contribution is -2.37. The van der Waals surface area contributed by atoms with Gasteiger partial charge in [-0.15, -0.1) is 20.1 Å². The molecule has 0 unspecified atom stereocenters. The summed E-state index contributed by atoms with van der Waals surface area (Å²) < 4.78 is 29.7. The minimum atomic E-state index is -3.71. The maximum atomic E-state index is 11.3. The van der Waals surface area contributed by atoms with E-state index < -0.39 is 10.2 Å². The van der Waals surface area contributed by atoms with Crippen LogP contribution in [0.4, 0.5) is 0 Å². The summed E-state index contributed by atoms with van der Waals surface area (Å²) >= 11 is 3.51. The number of hydrogen-bond acceptors (Lipinski definition) is 8. The zero-order valence-corrected chi connectivity index (χ0v) is 16.4. The van der Waals surface area contributed by atoms with Gasteiger partial charge in [0.1, 0.15) is 5.01 Å². The second-order valence-corrected chi connectivity index (χ2v) is 8.69. The lowest BCUT2D eigenvalue weighted by molar-refractivity contribution is 0.401. The number of nitrogens with one attached hydrogen (secondary N) is 2. The molecule has 2 heterocycles. The highest BCUT2D eigenvalue weighted by molar-refractivity contribution is 7.98. The van der Waals surface area contributed by atoms with Crippen LogP contribution in [0.1, 0.15) is 17.1 Å². The van der Waals surface area contributed by atoms with Crippen molar-refractivity contribution in [3.8, 4) is 0 Å². The summed E-state index contributed by atoms with van der Waals surface area (Å²) in [6.07, 6.45) is 0.898. The van der Waals surface area contributed by atoms with E-state index in [2.05, 4.69) is 34.7 Å². The summed E-state index contributed by atoms with van der Waals surface area (Å²) in [4.78, 5) is 6.71. The zero-order chi connectivity index (χ0) is 17.6. The standard InChI is InChI=1S/C13H22N6O2S3/c1-14-12-13(18-24(20,21)17-12)15-5-4-6-22-8-10-9-23-11(16-10)7-19(2)3/h9H,4-8H2,1-3H3,(H,14,17)(H,15,18). The Labute approximate surface area is 151 Å². The van der Waals surface area contributed by atoms with Gasteiger partial charge >= 0.3 is 10.2 Å². The molecule has 0 saturated heterocycles. The van der Waals surface area contributed by atoms with Crippen LogP contribution in [0.5, 0.6) is 0 Å². The predicted octanol–water partition coefficient (Wildman–Crippen LogP) is 0.692. The van der Waals surface area contributed by atoms with Crippen molar-refractivity contribution in [3.05, 3.63) is 16.1 Å². The van der Waals surface area contributed by atoms with Crippen molar-refractivity contribution >= 4 is 45.0 Å². The Morgan fingerprint density at radius 1 is 1.29 bits per heavy atom. The average Bonchev–Trinajstić information content (AvgIpc) is 3.05. The Kier molecular flexibility index (Phi) is 7.02. The van der Waals surface area contributed by atoms with Crippen molar-refractivity contribution in [2.75, 3.05) is 33.4 Å². The summed E-state index contributed by atoms with van der Waals surface area (Å²) in [5, 5.41) is 8.97. The molecule has 2 N–H and O–H groups in total. The Balaban J connectivity index is 1.64. The normalized spacial score (nSPS) is 16.2. The molecule has 0 aromatic carbocycles. The maximum absolute atomic E-state index is 11.3. The SMILES string of the molecule is CNC1=NS(=O)(=O)N=C1NCCCSCc1csc(CN(C)C)n1. The van der Waals surface area contributed by atoms with Gasteiger partial charge in [0.25, 0.3) is 0 Å². The number of likely N-dealkylation sites (N-methyl/N-ethyl adjacent to an activating group) is 1. The van der Waals surface area contributed by atoms with E-state index in [0.717, 1.165) is 35.2 Å². The van der Waals surface area contributed by atoms with Gasteiger partial charge in [-0.2, -0.15) is 20.2 Å². The van der Waals surface area contributed by atoms with Crippen LogP contribution >= 0.6 is 23.1 Å². The molecule has 0 bridgehead atoms. The van der Waals surface area contributed by atoms with E-state index >= 15 is 0 Å². The third kappa shape index (κ3) is 6.04. The number of aromatic nitrogens is 1. The quantitative estimate of drug-likeness (QED) is 0.630. The lowest BCUT2D eigenvalue weighted by Gasteiger charge is -2.06. The zero-order valence-electron chi connectivity index (χ0n) is 13.9. The number of rotatable bonds is 8. The third-order valence-electron chi connectivity index (χ3n) is 2.93. The molecule has 1 aromatic heterocycles. The van der Waals surface area contributed by atoms with E-state index in [0.29, 0.717) is 6.54 Å².